The summed E-state index contributed by atoms with van der Waals surface area (Å²) in [5.74, 6) is 0.00463. The van der Waals surface area contributed by atoms with E-state index >= 15 is 0 Å². The van der Waals surface area contributed by atoms with E-state index in [1.165, 1.54) is 0 Å². The van der Waals surface area contributed by atoms with Gasteiger partial charge in [-0.15, -0.1) is 0 Å². The second-order valence-electron chi connectivity index (χ2n) is 3.22. The van der Waals surface area contributed by atoms with E-state index in [1.807, 2.05) is 7.05 Å². The maximum absolute atomic E-state index is 9.57. The van der Waals surface area contributed by atoms with E-state index in [9.17, 15) is 5.11 Å². The molecule has 5 heteroatoms. The third-order valence-electron chi connectivity index (χ3n) is 2.40. The molecule has 4 nitrogen and oxygen atoms in total. The largest absolute Gasteiger partial charge is 0.390 e. The molecule has 2 unspecified atom stereocenters. The minimum absolute atomic E-state index is 0.00463. The monoisotopic (exact) mass is 202 g/mol. The smallest absolute Gasteiger partial charge is 0.202 e. The third kappa shape index (κ3) is 1.45. The lowest BCUT2D eigenvalue weighted by atomic mass is 10.0. The molecule has 0 aliphatic carbocycles. The van der Waals surface area contributed by atoms with Gasteiger partial charge in [-0.25, -0.2) is 4.98 Å². The van der Waals surface area contributed by atoms with Crippen molar-refractivity contribution >= 4 is 11.6 Å². The molecule has 0 amide bonds. The molecule has 1 N–H and O–H groups in total. The summed E-state index contributed by atoms with van der Waals surface area (Å²) in [7, 11) is 1.83. The molecule has 72 valence electrons. The second-order valence-corrected chi connectivity index (χ2v) is 3.56. The predicted octanol–water partition coefficient (Wildman–Crippen LogP) is 0.548. The highest BCUT2D eigenvalue weighted by Crippen LogP contribution is 2.26. The average Bonchev–Trinajstić information content (AvgIpc) is 2.62. The first kappa shape index (κ1) is 8.99. The van der Waals surface area contributed by atoms with Gasteiger partial charge in [-0.1, -0.05) is 0 Å². The summed E-state index contributed by atoms with van der Waals surface area (Å²) in [5, 5.41) is 10.0. The lowest BCUT2D eigenvalue weighted by Gasteiger charge is -2.12. The molecule has 2 heterocycles. The number of imidazole rings is 1. The van der Waals surface area contributed by atoms with E-state index in [2.05, 4.69) is 4.98 Å². The molecular weight excluding hydrogens is 192 g/mol. The Hall–Kier alpha value is -0.580. The molecule has 0 radical (unpaired) electrons. The number of rotatable bonds is 1. The summed E-state index contributed by atoms with van der Waals surface area (Å²) >= 11 is 5.78. The van der Waals surface area contributed by atoms with Crippen LogP contribution in [0, 0.1) is 0 Å². The zero-order valence-electron chi connectivity index (χ0n) is 7.27. The van der Waals surface area contributed by atoms with E-state index in [1.54, 1.807) is 10.8 Å². The van der Waals surface area contributed by atoms with Gasteiger partial charge >= 0.3 is 0 Å². The maximum atomic E-state index is 9.57. The summed E-state index contributed by atoms with van der Waals surface area (Å²) in [6, 6.07) is 0. The number of hydrogen-bond donors (Lipinski definition) is 1. The summed E-state index contributed by atoms with van der Waals surface area (Å²) in [4.78, 5) is 3.96. The van der Waals surface area contributed by atoms with Crippen LogP contribution in [0.3, 0.4) is 0 Å². The molecule has 0 spiro atoms. The Kier molecular flexibility index (Phi) is 2.27. The van der Waals surface area contributed by atoms with Crippen molar-refractivity contribution in [1.82, 2.24) is 9.55 Å². The van der Waals surface area contributed by atoms with E-state index < -0.39 is 6.10 Å². The number of halogens is 1. The van der Waals surface area contributed by atoms with Crippen LogP contribution in [0.1, 0.15) is 11.6 Å². The van der Waals surface area contributed by atoms with Crippen LogP contribution in [0.2, 0.25) is 5.28 Å². The van der Waals surface area contributed by atoms with Gasteiger partial charge in [0.15, 0.2) is 0 Å². The zero-order chi connectivity index (χ0) is 9.42. The van der Waals surface area contributed by atoms with Crippen LogP contribution in [-0.4, -0.2) is 34.0 Å². The molecule has 1 aliphatic heterocycles. The van der Waals surface area contributed by atoms with Gasteiger partial charge in [0.2, 0.25) is 5.28 Å². The van der Waals surface area contributed by atoms with Crippen molar-refractivity contribution in [3.63, 3.8) is 0 Å². The molecule has 0 bridgehead atoms. The number of nitrogens with zero attached hydrogens (tertiary/aromatic N) is 2. The Labute approximate surface area is 81.1 Å². The van der Waals surface area contributed by atoms with E-state index in [0.29, 0.717) is 18.5 Å². The quantitative estimate of drug-likeness (QED) is 0.724. The van der Waals surface area contributed by atoms with Crippen molar-refractivity contribution < 1.29 is 9.84 Å². The molecule has 1 aromatic heterocycles. The lowest BCUT2D eigenvalue weighted by Crippen LogP contribution is -2.18. The van der Waals surface area contributed by atoms with Crippen LogP contribution < -0.4 is 0 Å². The minimum atomic E-state index is -0.438. The summed E-state index contributed by atoms with van der Waals surface area (Å²) in [6.45, 7) is 0.935. The van der Waals surface area contributed by atoms with Crippen molar-refractivity contribution in [3.05, 3.63) is 17.2 Å². The first-order valence-corrected chi connectivity index (χ1v) is 4.51. The maximum Gasteiger partial charge on any atom is 0.202 e. The van der Waals surface area contributed by atoms with Crippen molar-refractivity contribution in [2.75, 3.05) is 13.2 Å². The minimum Gasteiger partial charge on any atom is -0.390 e. The average molecular weight is 203 g/mol. The Morgan fingerprint density at radius 3 is 2.92 bits per heavy atom. The molecule has 2 rings (SSSR count). The van der Waals surface area contributed by atoms with Crippen LogP contribution in [0.5, 0.6) is 0 Å². The first-order valence-electron chi connectivity index (χ1n) is 4.13. The summed E-state index contributed by atoms with van der Waals surface area (Å²) < 4.78 is 6.92. The van der Waals surface area contributed by atoms with Gasteiger partial charge in [-0.2, -0.15) is 0 Å². The van der Waals surface area contributed by atoms with Crippen LogP contribution >= 0.6 is 11.6 Å². The van der Waals surface area contributed by atoms with E-state index in [-0.39, 0.29) is 5.92 Å². The summed E-state index contributed by atoms with van der Waals surface area (Å²) in [6.07, 6.45) is 1.25. The molecule has 13 heavy (non-hydrogen) atoms. The highest BCUT2D eigenvalue weighted by molar-refractivity contribution is 6.28. The van der Waals surface area contributed by atoms with Crippen molar-refractivity contribution in [2.45, 2.75) is 12.0 Å². The van der Waals surface area contributed by atoms with Gasteiger partial charge in [-0.05, 0) is 11.6 Å². The molecule has 0 saturated carbocycles. The third-order valence-corrected chi connectivity index (χ3v) is 2.75. The van der Waals surface area contributed by atoms with Crippen LogP contribution in [0.25, 0.3) is 0 Å². The van der Waals surface area contributed by atoms with Gasteiger partial charge in [-0.3, -0.25) is 0 Å². The normalized spacial score (nSPS) is 28.2. The Balaban J connectivity index is 2.29. The molecule has 1 aliphatic rings. The Morgan fingerprint density at radius 2 is 2.46 bits per heavy atom. The molecule has 2 atom stereocenters. The zero-order valence-corrected chi connectivity index (χ0v) is 8.03. The van der Waals surface area contributed by atoms with E-state index in [4.69, 9.17) is 16.3 Å². The predicted molar refractivity (Wildman–Crippen MR) is 47.8 cm³/mol. The Morgan fingerprint density at radius 1 is 1.69 bits per heavy atom. The number of hydrogen-bond acceptors (Lipinski definition) is 3. The number of aliphatic hydroxyl groups is 1. The van der Waals surface area contributed by atoms with Gasteiger partial charge in [0.1, 0.15) is 0 Å². The fourth-order valence-corrected chi connectivity index (χ4v) is 1.72. The lowest BCUT2D eigenvalue weighted by molar-refractivity contribution is 0.124. The topological polar surface area (TPSA) is 47.3 Å². The fraction of sp³-hybridized carbons (Fsp3) is 0.625. The van der Waals surface area contributed by atoms with Gasteiger partial charge in [0.05, 0.1) is 31.4 Å². The highest BCUT2D eigenvalue weighted by atomic mass is 35.5. The van der Waals surface area contributed by atoms with Crippen molar-refractivity contribution in [2.24, 2.45) is 7.05 Å². The number of aliphatic hydroxyl groups excluding tert-OH is 1. The summed E-state index contributed by atoms with van der Waals surface area (Å²) in [5.41, 5.74) is 0.926. The van der Waals surface area contributed by atoms with Crippen LogP contribution in [0.15, 0.2) is 6.20 Å². The van der Waals surface area contributed by atoms with Crippen molar-refractivity contribution in [1.29, 1.82) is 0 Å². The van der Waals surface area contributed by atoms with Gasteiger partial charge in [0.25, 0.3) is 0 Å². The molecule has 1 saturated heterocycles. The molecule has 1 aromatic rings. The highest BCUT2D eigenvalue weighted by Gasteiger charge is 2.30. The van der Waals surface area contributed by atoms with Gasteiger partial charge in [0, 0.05) is 12.7 Å². The Bertz CT molecular complexity index is 313. The number of ether oxygens (including phenoxy) is 1. The van der Waals surface area contributed by atoms with Crippen molar-refractivity contribution in [3.8, 4) is 0 Å². The number of aromatic nitrogens is 2. The fourth-order valence-electron chi connectivity index (χ4n) is 1.57. The SMILES string of the molecule is Cn1c(C2COCC2O)cnc1Cl. The standard InChI is InChI=1S/C8H11ClN2O2/c1-11-6(2-10-8(11)9)5-3-13-4-7(5)12/h2,5,7,12H,3-4H2,1H3. The first-order chi connectivity index (χ1) is 6.20. The molecule has 0 aromatic carbocycles. The van der Waals surface area contributed by atoms with Gasteiger partial charge < -0.3 is 14.4 Å². The van der Waals surface area contributed by atoms with Crippen LogP contribution in [-0.2, 0) is 11.8 Å². The molecular formula is C8H11ClN2O2. The molecule has 1 fully saturated rings. The second kappa shape index (κ2) is 3.29. The van der Waals surface area contributed by atoms with Crippen LogP contribution in [0.4, 0.5) is 0 Å². The van der Waals surface area contributed by atoms with E-state index in [0.717, 1.165) is 5.69 Å².